The molecule has 2 aliphatic rings. The predicted molar refractivity (Wildman–Crippen MR) is 200 cm³/mol. The monoisotopic (exact) mass is 736 g/mol. The van der Waals surface area contributed by atoms with Crippen LogP contribution in [-0.2, 0) is 22.7 Å². The molecule has 54 heavy (non-hydrogen) atoms. The van der Waals surface area contributed by atoms with Crippen LogP contribution in [0, 0.1) is 11.8 Å². The number of H-pyrrole nitrogens is 2. The van der Waals surface area contributed by atoms with Crippen LogP contribution in [0.4, 0.5) is 17.6 Å². The minimum atomic E-state index is -2.66. The van der Waals surface area contributed by atoms with E-state index in [1.54, 1.807) is 12.4 Å². The van der Waals surface area contributed by atoms with Gasteiger partial charge >= 0.3 is 0 Å². The maximum atomic E-state index is 13.5. The fourth-order valence-electron chi connectivity index (χ4n) is 7.62. The number of carbonyl (C=O) groups is 2. The highest BCUT2D eigenvalue weighted by molar-refractivity contribution is 5.94. The number of hydrogen-bond acceptors (Lipinski definition) is 4. The Morgan fingerprint density at radius 1 is 0.556 bits per heavy atom. The van der Waals surface area contributed by atoms with Crippen LogP contribution >= 0.6 is 0 Å². The van der Waals surface area contributed by atoms with E-state index in [1.807, 2.05) is 12.1 Å². The van der Waals surface area contributed by atoms with E-state index in [-0.39, 0.29) is 88.1 Å². The van der Waals surface area contributed by atoms with Crippen molar-refractivity contribution >= 4 is 33.4 Å². The van der Waals surface area contributed by atoms with Crippen molar-refractivity contribution in [3.63, 3.8) is 0 Å². The number of nitrogens with zero attached hydrogens (tertiary/aromatic N) is 2. The zero-order valence-corrected chi connectivity index (χ0v) is 29.5. The number of amides is 2. The lowest BCUT2D eigenvalue weighted by Crippen LogP contribution is -2.35. The number of imidazole rings is 2. The van der Waals surface area contributed by atoms with Crippen molar-refractivity contribution in [2.75, 3.05) is 0 Å². The third kappa shape index (κ3) is 7.88. The maximum absolute atomic E-state index is 13.5. The van der Waals surface area contributed by atoms with Gasteiger partial charge in [-0.3, -0.25) is 9.59 Å². The summed E-state index contributed by atoms with van der Waals surface area (Å²) in [6, 6.07) is 25.1. The lowest BCUT2D eigenvalue weighted by Gasteiger charge is -2.27. The Morgan fingerprint density at radius 2 is 0.889 bits per heavy atom. The van der Waals surface area contributed by atoms with Crippen molar-refractivity contribution in [2.24, 2.45) is 11.8 Å². The molecule has 278 valence electrons. The highest BCUT2D eigenvalue weighted by Crippen LogP contribution is 2.37. The van der Waals surface area contributed by atoms with Crippen molar-refractivity contribution in [2.45, 2.75) is 76.3 Å². The molecule has 2 fully saturated rings. The molecule has 4 N–H and O–H groups in total. The Bertz CT molecular complexity index is 2170. The number of alkyl halides is 4. The zero-order valence-electron chi connectivity index (χ0n) is 29.5. The molecule has 8 rings (SSSR count). The second-order valence-electron chi connectivity index (χ2n) is 14.7. The zero-order chi connectivity index (χ0) is 37.5. The number of carbonyl (C=O) groups excluding carboxylic acids is 2. The number of fused-ring (bicyclic) bond motifs is 2. The van der Waals surface area contributed by atoms with Crippen molar-refractivity contribution in [1.29, 1.82) is 0 Å². The average molecular weight is 737 g/mol. The molecule has 2 saturated carbocycles. The van der Waals surface area contributed by atoms with E-state index in [2.05, 4.69) is 91.2 Å². The molecule has 8 nitrogen and oxygen atoms in total. The summed E-state index contributed by atoms with van der Waals surface area (Å²) in [5, 5.41) is 9.99. The van der Waals surface area contributed by atoms with Crippen molar-refractivity contribution < 1.29 is 27.2 Å². The van der Waals surface area contributed by atoms with Crippen molar-refractivity contribution in [1.82, 2.24) is 30.6 Å². The molecule has 6 aromatic rings. The summed E-state index contributed by atoms with van der Waals surface area (Å²) in [5.74, 6) is -5.32. The fraction of sp³-hybridized carbons (Fsp3) is 0.333. The molecule has 2 amide bonds. The minimum absolute atomic E-state index is 0.196. The van der Waals surface area contributed by atoms with E-state index in [0.717, 1.165) is 55.2 Å². The first-order valence-corrected chi connectivity index (χ1v) is 18.4. The van der Waals surface area contributed by atoms with Crippen LogP contribution in [0.25, 0.3) is 55.2 Å². The molecule has 2 aromatic heterocycles. The fourth-order valence-corrected chi connectivity index (χ4v) is 7.62. The number of hydrogen-bond donors (Lipinski definition) is 4. The molecule has 4 aromatic carbocycles. The second-order valence-corrected chi connectivity index (χ2v) is 14.7. The van der Waals surface area contributed by atoms with E-state index in [1.165, 1.54) is 0 Å². The topological polar surface area (TPSA) is 116 Å². The van der Waals surface area contributed by atoms with Crippen LogP contribution in [0.2, 0.25) is 0 Å². The van der Waals surface area contributed by atoms with E-state index in [4.69, 9.17) is 0 Å². The van der Waals surface area contributed by atoms with Crippen LogP contribution in [0.1, 0.15) is 63.0 Å². The number of nitrogens with one attached hydrogen (secondary N) is 4. The lowest BCUT2D eigenvalue weighted by atomic mass is 9.86. The summed E-state index contributed by atoms with van der Waals surface area (Å²) in [5.41, 5.74) is 5.73. The molecule has 0 saturated heterocycles. The Kier molecular flexibility index (Phi) is 9.45. The van der Waals surface area contributed by atoms with Crippen LogP contribution in [0.5, 0.6) is 0 Å². The van der Waals surface area contributed by atoms with Gasteiger partial charge in [-0.25, -0.2) is 27.5 Å². The average Bonchev–Trinajstić information content (AvgIpc) is 3.86. The molecule has 0 atom stereocenters. The van der Waals surface area contributed by atoms with Gasteiger partial charge in [0.1, 0.15) is 11.6 Å². The highest BCUT2D eigenvalue weighted by Gasteiger charge is 2.38. The number of benzene rings is 4. The number of halogens is 4. The molecule has 0 bridgehead atoms. The molecular weight excluding hydrogens is 696 g/mol. The summed E-state index contributed by atoms with van der Waals surface area (Å²) in [6.07, 6.45) is 3.26. The van der Waals surface area contributed by atoms with Crippen molar-refractivity contribution in [3.8, 4) is 33.6 Å². The normalized spacial score (nSPS) is 17.5. The summed E-state index contributed by atoms with van der Waals surface area (Å²) in [6.45, 7) is 0.412. The summed E-state index contributed by atoms with van der Waals surface area (Å²) < 4.78 is 53.9. The largest absolute Gasteiger partial charge is 0.349 e. The molecule has 2 heterocycles. The van der Waals surface area contributed by atoms with Crippen molar-refractivity contribution in [3.05, 3.63) is 96.8 Å². The highest BCUT2D eigenvalue weighted by atomic mass is 19.3. The Labute approximate surface area is 309 Å². The van der Waals surface area contributed by atoms with Gasteiger partial charge in [-0.1, -0.05) is 48.5 Å². The first kappa shape index (κ1) is 35.5. The van der Waals surface area contributed by atoms with Gasteiger partial charge in [-0.15, -0.1) is 0 Å². The Balaban J connectivity index is 0.891. The lowest BCUT2D eigenvalue weighted by molar-refractivity contribution is -0.130. The van der Waals surface area contributed by atoms with Gasteiger partial charge in [0.15, 0.2) is 0 Å². The molecule has 0 radical (unpaired) electrons. The minimum Gasteiger partial charge on any atom is -0.349 e. The summed E-state index contributed by atoms with van der Waals surface area (Å²) >= 11 is 0. The smallest absolute Gasteiger partial charge is 0.248 e. The molecule has 0 aliphatic heterocycles. The molecule has 0 spiro atoms. The van der Waals surface area contributed by atoms with E-state index >= 15 is 0 Å². The van der Waals surface area contributed by atoms with Crippen LogP contribution in [0.15, 0.2) is 85.2 Å². The molecule has 0 unspecified atom stereocenters. The number of aromatic amines is 2. The maximum Gasteiger partial charge on any atom is 0.248 e. The summed E-state index contributed by atoms with van der Waals surface area (Å²) in [4.78, 5) is 40.4. The third-order valence-corrected chi connectivity index (χ3v) is 10.9. The van der Waals surface area contributed by atoms with E-state index in [0.29, 0.717) is 11.6 Å². The first-order valence-electron chi connectivity index (χ1n) is 18.4. The van der Waals surface area contributed by atoms with Gasteiger partial charge < -0.3 is 20.6 Å². The Hall–Kier alpha value is -5.52. The van der Waals surface area contributed by atoms with Gasteiger partial charge in [0.25, 0.3) is 0 Å². The van der Waals surface area contributed by atoms with E-state index < -0.39 is 11.8 Å². The predicted octanol–water partition coefficient (Wildman–Crippen LogP) is 9.32. The Morgan fingerprint density at radius 3 is 1.26 bits per heavy atom. The van der Waals surface area contributed by atoms with Crippen LogP contribution in [-0.4, -0.2) is 43.6 Å². The van der Waals surface area contributed by atoms with Crippen LogP contribution < -0.4 is 10.6 Å². The van der Waals surface area contributed by atoms with Gasteiger partial charge in [-0.2, -0.15) is 0 Å². The SMILES string of the molecule is O=C(NCc1ncc(-c2ccc3cc(-c4ccc5cc(-c6cnc(CNC(=O)C7CCC(F)(F)CC7)[nH]6)ccc5c4)ccc3c2)[nH]1)C1CCC(F)(F)CC1. The number of rotatable bonds is 9. The van der Waals surface area contributed by atoms with Gasteiger partial charge in [-0.05, 0) is 82.6 Å². The first-order chi connectivity index (χ1) is 26.0. The standard InChI is InChI=1S/C42H40F4N6O2/c43-41(44)13-9-25(10-14-41)39(53)49-23-37-47-21-35(51-37)33-7-5-29-17-27(1-3-31(29)19-33)28-2-4-32-20-34(8-6-30(32)18-28)36-22-48-38(52-36)24-50-40(54)26-11-15-42(45,46)16-12-26/h1-8,17-22,25-26H,9-16,23-24H2,(H,47,51)(H,48,52)(H,49,53)(H,50,54). The molecule has 2 aliphatic carbocycles. The summed E-state index contributed by atoms with van der Waals surface area (Å²) in [7, 11) is 0. The third-order valence-electron chi connectivity index (χ3n) is 10.9. The van der Waals surface area contributed by atoms with Gasteiger partial charge in [0.2, 0.25) is 23.7 Å². The van der Waals surface area contributed by atoms with Gasteiger partial charge in [0, 0.05) is 48.6 Å². The van der Waals surface area contributed by atoms with Gasteiger partial charge in [0.05, 0.1) is 36.9 Å². The number of aromatic nitrogens is 4. The quantitative estimate of drug-likeness (QED) is 0.111. The molecular formula is C42H40F4N6O2. The van der Waals surface area contributed by atoms with E-state index in [9.17, 15) is 27.2 Å². The molecule has 12 heteroatoms. The second kappa shape index (κ2) is 14.4. The van der Waals surface area contributed by atoms with Crippen LogP contribution in [0.3, 0.4) is 0 Å².